The molecular formula is C18H27N5O. The van der Waals surface area contributed by atoms with E-state index in [0.29, 0.717) is 12.6 Å². The molecule has 1 aromatic heterocycles. The summed E-state index contributed by atoms with van der Waals surface area (Å²) >= 11 is 0. The SMILES string of the molecule is COC1CCCN(c2nnnn2Cc2c(C)cc(C)cc2C)CC1. The lowest BCUT2D eigenvalue weighted by Crippen LogP contribution is -2.28. The lowest BCUT2D eigenvalue weighted by molar-refractivity contribution is 0.0931. The fourth-order valence-electron chi connectivity index (χ4n) is 3.64. The zero-order valence-electron chi connectivity index (χ0n) is 15.1. The number of nitrogens with zero attached hydrogens (tertiary/aromatic N) is 5. The summed E-state index contributed by atoms with van der Waals surface area (Å²) in [6.07, 6.45) is 3.57. The van der Waals surface area contributed by atoms with Crippen LogP contribution in [-0.2, 0) is 11.3 Å². The normalized spacial score (nSPS) is 18.7. The molecule has 0 N–H and O–H groups in total. The Balaban J connectivity index is 1.81. The number of ether oxygens (including phenoxy) is 1. The number of tetrazole rings is 1. The molecule has 6 heteroatoms. The first-order chi connectivity index (χ1) is 11.6. The van der Waals surface area contributed by atoms with Crippen LogP contribution < -0.4 is 4.90 Å². The number of hydrogen-bond donors (Lipinski definition) is 0. The molecule has 0 bridgehead atoms. The van der Waals surface area contributed by atoms with Crippen molar-refractivity contribution >= 4 is 5.95 Å². The summed E-state index contributed by atoms with van der Waals surface area (Å²) in [6, 6.07) is 4.45. The van der Waals surface area contributed by atoms with Gasteiger partial charge in [0.1, 0.15) is 0 Å². The summed E-state index contributed by atoms with van der Waals surface area (Å²) in [5.41, 5.74) is 5.19. The predicted molar refractivity (Wildman–Crippen MR) is 94.4 cm³/mol. The number of methoxy groups -OCH3 is 1. The third-order valence-electron chi connectivity index (χ3n) is 4.95. The first-order valence-electron chi connectivity index (χ1n) is 8.69. The molecular weight excluding hydrogens is 302 g/mol. The summed E-state index contributed by atoms with van der Waals surface area (Å²) in [5, 5.41) is 12.5. The zero-order valence-corrected chi connectivity index (χ0v) is 15.1. The Kier molecular flexibility index (Phi) is 5.14. The van der Waals surface area contributed by atoms with E-state index in [9.17, 15) is 0 Å². The molecule has 2 heterocycles. The van der Waals surface area contributed by atoms with Gasteiger partial charge < -0.3 is 9.64 Å². The Morgan fingerprint density at radius 1 is 1.12 bits per heavy atom. The maximum absolute atomic E-state index is 5.52. The molecule has 2 aromatic rings. The Labute approximate surface area is 143 Å². The van der Waals surface area contributed by atoms with Crippen LogP contribution in [0.15, 0.2) is 12.1 Å². The van der Waals surface area contributed by atoms with E-state index < -0.39 is 0 Å². The molecule has 1 aromatic carbocycles. The van der Waals surface area contributed by atoms with E-state index in [1.807, 2.05) is 4.68 Å². The fourth-order valence-corrected chi connectivity index (χ4v) is 3.64. The van der Waals surface area contributed by atoms with E-state index >= 15 is 0 Å². The van der Waals surface area contributed by atoms with Crippen molar-refractivity contribution in [2.24, 2.45) is 0 Å². The average Bonchev–Trinajstić information content (AvgIpc) is 2.86. The summed E-state index contributed by atoms with van der Waals surface area (Å²) < 4.78 is 7.45. The van der Waals surface area contributed by atoms with Gasteiger partial charge in [-0.3, -0.25) is 0 Å². The van der Waals surface area contributed by atoms with Gasteiger partial charge >= 0.3 is 0 Å². The van der Waals surface area contributed by atoms with Crippen molar-refractivity contribution in [1.82, 2.24) is 20.2 Å². The van der Waals surface area contributed by atoms with Crippen LogP contribution in [0, 0.1) is 20.8 Å². The number of aromatic nitrogens is 4. The van der Waals surface area contributed by atoms with Gasteiger partial charge in [0.15, 0.2) is 0 Å². The smallest absolute Gasteiger partial charge is 0.245 e. The van der Waals surface area contributed by atoms with Crippen molar-refractivity contribution in [1.29, 1.82) is 0 Å². The van der Waals surface area contributed by atoms with Crippen molar-refractivity contribution in [2.75, 3.05) is 25.1 Å². The zero-order chi connectivity index (χ0) is 17.1. The van der Waals surface area contributed by atoms with Gasteiger partial charge in [0, 0.05) is 20.2 Å². The van der Waals surface area contributed by atoms with Crippen LogP contribution in [0.2, 0.25) is 0 Å². The van der Waals surface area contributed by atoms with E-state index in [1.165, 1.54) is 22.3 Å². The third kappa shape index (κ3) is 3.59. The van der Waals surface area contributed by atoms with Crippen molar-refractivity contribution in [3.8, 4) is 0 Å². The molecule has 0 radical (unpaired) electrons. The number of anilines is 1. The number of hydrogen-bond acceptors (Lipinski definition) is 5. The first kappa shape index (κ1) is 16.9. The largest absolute Gasteiger partial charge is 0.381 e. The van der Waals surface area contributed by atoms with E-state index in [1.54, 1.807) is 7.11 Å². The quantitative estimate of drug-likeness (QED) is 0.863. The maximum atomic E-state index is 5.52. The predicted octanol–water partition coefficient (Wildman–Crippen LogP) is 2.65. The highest BCUT2D eigenvalue weighted by atomic mass is 16.5. The minimum absolute atomic E-state index is 0.348. The molecule has 0 saturated carbocycles. The Morgan fingerprint density at radius 2 is 1.88 bits per heavy atom. The maximum Gasteiger partial charge on any atom is 0.245 e. The molecule has 24 heavy (non-hydrogen) atoms. The summed E-state index contributed by atoms with van der Waals surface area (Å²) in [5.74, 6) is 0.867. The average molecular weight is 329 g/mol. The van der Waals surface area contributed by atoms with Crippen molar-refractivity contribution < 1.29 is 4.74 Å². The van der Waals surface area contributed by atoms with E-state index in [0.717, 1.165) is 38.3 Å². The van der Waals surface area contributed by atoms with Gasteiger partial charge in [-0.2, -0.15) is 0 Å². The van der Waals surface area contributed by atoms with Crippen LogP contribution in [0.4, 0.5) is 5.95 Å². The molecule has 0 spiro atoms. The molecule has 1 aliphatic heterocycles. The van der Waals surface area contributed by atoms with Crippen LogP contribution in [-0.4, -0.2) is 46.5 Å². The van der Waals surface area contributed by atoms with Crippen LogP contribution in [0.3, 0.4) is 0 Å². The Morgan fingerprint density at radius 3 is 2.58 bits per heavy atom. The monoisotopic (exact) mass is 329 g/mol. The molecule has 1 unspecified atom stereocenters. The van der Waals surface area contributed by atoms with Crippen LogP contribution in [0.5, 0.6) is 0 Å². The summed E-state index contributed by atoms with van der Waals surface area (Å²) in [4.78, 5) is 2.29. The van der Waals surface area contributed by atoms with Crippen LogP contribution >= 0.6 is 0 Å². The molecule has 0 amide bonds. The topological polar surface area (TPSA) is 56.1 Å². The van der Waals surface area contributed by atoms with Gasteiger partial charge in [-0.25, -0.2) is 4.68 Å². The molecule has 1 fully saturated rings. The van der Waals surface area contributed by atoms with Gasteiger partial charge in [0.05, 0.1) is 12.6 Å². The molecule has 6 nitrogen and oxygen atoms in total. The number of aryl methyl sites for hydroxylation is 3. The summed E-state index contributed by atoms with van der Waals surface area (Å²) in [6.45, 7) is 9.08. The Bertz CT molecular complexity index is 673. The van der Waals surface area contributed by atoms with Gasteiger partial charge in [-0.15, -0.1) is 0 Å². The second-order valence-corrected chi connectivity index (χ2v) is 6.79. The van der Waals surface area contributed by atoms with E-state index in [-0.39, 0.29) is 0 Å². The van der Waals surface area contributed by atoms with Crippen molar-refractivity contribution in [2.45, 2.75) is 52.7 Å². The lowest BCUT2D eigenvalue weighted by Gasteiger charge is -2.21. The van der Waals surface area contributed by atoms with E-state index in [4.69, 9.17) is 4.74 Å². The van der Waals surface area contributed by atoms with Crippen LogP contribution in [0.25, 0.3) is 0 Å². The molecule has 3 rings (SSSR count). The molecule has 0 aliphatic carbocycles. The van der Waals surface area contributed by atoms with Gasteiger partial charge in [-0.05, 0) is 67.2 Å². The van der Waals surface area contributed by atoms with Gasteiger partial charge in [0.25, 0.3) is 0 Å². The van der Waals surface area contributed by atoms with Crippen molar-refractivity contribution in [3.05, 3.63) is 34.4 Å². The summed E-state index contributed by atoms with van der Waals surface area (Å²) in [7, 11) is 1.80. The van der Waals surface area contributed by atoms with Crippen molar-refractivity contribution in [3.63, 3.8) is 0 Å². The Hall–Kier alpha value is -1.95. The minimum atomic E-state index is 0.348. The number of rotatable bonds is 4. The van der Waals surface area contributed by atoms with Gasteiger partial charge in [0.2, 0.25) is 5.95 Å². The lowest BCUT2D eigenvalue weighted by atomic mass is 10.00. The second-order valence-electron chi connectivity index (χ2n) is 6.79. The molecule has 130 valence electrons. The third-order valence-corrected chi connectivity index (χ3v) is 4.95. The highest BCUT2D eigenvalue weighted by Gasteiger charge is 2.21. The molecule has 1 aliphatic rings. The van der Waals surface area contributed by atoms with Crippen LogP contribution in [0.1, 0.15) is 41.5 Å². The number of benzene rings is 1. The second kappa shape index (κ2) is 7.30. The van der Waals surface area contributed by atoms with E-state index in [2.05, 4.69) is 53.3 Å². The first-order valence-corrected chi connectivity index (χ1v) is 8.69. The standard InChI is InChI=1S/C18H27N5O/c1-13-10-14(2)17(15(3)11-13)12-23-18(19-20-21-23)22-8-5-6-16(24-4)7-9-22/h10-11,16H,5-9,12H2,1-4H3. The molecule has 1 saturated heterocycles. The highest BCUT2D eigenvalue weighted by molar-refractivity contribution is 5.39. The van der Waals surface area contributed by atoms with Gasteiger partial charge in [-0.1, -0.05) is 22.8 Å². The highest BCUT2D eigenvalue weighted by Crippen LogP contribution is 2.22. The minimum Gasteiger partial charge on any atom is -0.381 e. The molecule has 1 atom stereocenters. The fraction of sp³-hybridized carbons (Fsp3) is 0.611.